The van der Waals surface area contributed by atoms with Crippen molar-refractivity contribution in [3.05, 3.63) is 125 Å². The number of anilines is 2. The number of carbonyl (C=O) groups is 2. The Labute approximate surface area is 229 Å². The van der Waals surface area contributed by atoms with Crippen LogP contribution in [0.4, 0.5) is 15.8 Å². The predicted molar refractivity (Wildman–Crippen MR) is 154 cm³/mol. The molecule has 4 aromatic carbocycles. The first-order chi connectivity index (χ1) is 18.6. The van der Waals surface area contributed by atoms with Crippen LogP contribution in [-0.2, 0) is 11.3 Å². The number of rotatable bonds is 8. The predicted octanol–water partition coefficient (Wildman–Crippen LogP) is 7.66. The van der Waals surface area contributed by atoms with E-state index in [-0.39, 0.29) is 11.5 Å². The second-order valence-electron chi connectivity index (χ2n) is 9.03. The lowest BCUT2D eigenvalue weighted by Gasteiger charge is -2.24. The van der Waals surface area contributed by atoms with E-state index >= 15 is 0 Å². The lowest BCUT2D eigenvalue weighted by atomic mass is 10.0. The summed E-state index contributed by atoms with van der Waals surface area (Å²) in [6.07, 6.45) is 2.79. The van der Waals surface area contributed by atoms with Crippen LogP contribution in [0.3, 0.4) is 0 Å². The van der Waals surface area contributed by atoms with Crippen molar-refractivity contribution in [3.8, 4) is 11.1 Å². The SMILES string of the molecule is [2H]C(c1ccc(-c2ccc(N(C)C)cc2)cc1Cl)N(C(=O)c1ccccc1)c1cc(F)cc(/C=C/C(C)=O)c1. The van der Waals surface area contributed by atoms with Gasteiger partial charge in [-0.2, -0.15) is 0 Å². The molecule has 4 aromatic rings. The topological polar surface area (TPSA) is 40.6 Å². The van der Waals surface area contributed by atoms with Gasteiger partial charge in [0.15, 0.2) is 5.78 Å². The van der Waals surface area contributed by atoms with E-state index in [0.717, 1.165) is 16.8 Å². The molecule has 0 bridgehead atoms. The second-order valence-corrected chi connectivity index (χ2v) is 9.44. The van der Waals surface area contributed by atoms with Crippen LogP contribution in [-0.4, -0.2) is 25.8 Å². The number of carbonyl (C=O) groups excluding carboxylic acids is 2. The number of hydrogen-bond acceptors (Lipinski definition) is 3. The molecule has 0 N–H and O–H groups in total. The Balaban J connectivity index is 1.76. The third-order valence-corrected chi connectivity index (χ3v) is 6.25. The normalized spacial score (nSPS) is 12.2. The second kappa shape index (κ2) is 11.9. The van der Waals surface area contributed by atoms with Crippen molar-refractivity contribution in [2.45, 2.75) is 13.4 Å². The summed E-state index contributed by atoms with van der Waals surface area (Å²) in [5.41, 5.74) is 4.18. The molecule has 1 amide bonds. The zero-order valence-electron chi connectivity index (χ0n) is 22.4. The molecular formula is C32H28ClFN2O2. The fraction of sp³-hybridized carbons (Fsp3) is 0.125. The van der Waals surface area contributed by atoms with E-state index in [2.05, 4.69) is 0 Å². The fourth-order valence-electron chi connectivity index (χ4n) is 3.92. The maximum Gasteiger partial charge on any atom is 0.258 e. The highest BCUT2D eigenvalue weighted by atomic mass is 35.5. The molecule has 1 atom stereocenters. The Morgan fingerprint density at radius 3 is 2.21 bits per heavy atom. The van der Waals surface area contributed by atoms with E-state index in [4.69, 9.17) is 13.0 Å². The molecule has 38 heavy (non-hydrogen) atoms. The highest BCUT2D eigenvalue weighted by Crippen LogP contribution is 2.30. The van der Waals surface area contributed by atoms with Crippen LogP contribution in [0.15, 0.2) is 97.1 Å². The Bertz CT molecular complexity index is 1520. The largest absolute Gasteiger partial charge is 0.378 e. The monoisotopic (exact) mass is 527 g/mol. The first kappa shape index (κ1) is 25.4. The summed E-state index contributed by atoms with van der Waals surface area (Å²) < 4.78 is 23.8. The molecule has 1 unspecified atom stereocenters. The van der Waals surface area contributed by atoms with Crippen molar-refractivity contribution < 1.29 is 15.4 Å². The van der Waals surface area contributed by atoms with Gasteiger partial charge in [-0.05, 0) is 83.8 Å². The van der Waals surface area contributed by atoms with Gasteiger partial charge < -0.3 is 9.80 Å². The molecule has 0 fully saturated rings. The molecule has 0 spiro atoms. The Kier molecular flexibility index (Phi) is 7.95. The molecule has 0 saturated heterocycles. The van der Waals surface area contributed by atoms with E-state index in [0.29, 0.717) is 21.7 Å². The van der Waals surface area contributed by atoms with Crippen LogP contribution in [0.1, 0.15) is 29.8 Å². The lowest BCUT2D eigenvalue weighted by Crippen LogP contribution is -2.30. The van der Waals surface area contributed by atoms with Gasteiger partial charge in [0.2, 0.25) is 0 Å². The molecule has 0 aliphatic heterocycles. The van der Waals surface area contributed by atoms with Gasteiger partial charge in [-0.3, -0.25) is 9.59 Å². The van der Waals surface area contributed by atoms with Crippen LogP contribution >= 0.6 is 11.6 Å². The quantitative estimate of drug-likeness (QED) is 0.221. The maximum atomic E-state index is 14.7. The van der Waals surface area contributed by atoms with E-state index < -0.39 is 18.2 Å². The average Bonchev–Trinajstić information content (AvgIpc) is 2.92. The number of benzene rings is 4. The lowest BCUT2D eigenvalue weighted by molar-refractivity contribution is -0.112. The van der Waals surface area contributed by atoms with E-state index in [1.165, 1.54) is 36.1 Å². The summed E-state index contributed by atoms with van der Waals surface area (Å²) in [4.78, 5) is 28.3. The molecule has 6 heteroatoms. The summed E-state index contributed by atoms with van der Waals surface area (Å²) in [5.74, 6) is -1.28. The summed E-state index contributed by atoms with van der Waals surface area (Å²) in [6.45, 7) is 0.117. The van der Waals surface area contributed by atoms with Crippen LogP contribution in [0.5, 0.6) is 0 Å². The van der Waals surface area contributed by atoms with Crippen molar-refractivity contribution in [1.29, 1.82) is 0 Å². The zero-order valence-corrected chi connectivity index (χ0v) is 22.1. The molecule has 0 saturated carbocycles. The van der Waals surface area contributed by atoms with Gasteiger partial charge in [0.05, 0.1) is 7.89 Å². The fourth-order valence-corrected chi connectivity index (χ4v) is 4.15. The van der Waals surface area contributed by atoms with E-state index in [1.54, 1.807) is 48.5 Å². The minimum absolute atomic E-state index is 0.173. The van der Waals surface area contributed by atoms with Crippen LogP contribution in [0.2, 0.25) is 5.02 Å². The molecule has 0 radical (unpaired) electrons. The highest BCUT2D eigenvalue weighted by Gasteiger charge is 2.21. The minimum atomic E-state index is -1.28. The minimum Gasteiger partial charge on any atom is -0.378 e. The first-order valence-electron chi connectivity index (χ1n) is 12.6. The van der Waals surface area contributed by atoms with Crippen LogP contribution in [0, 0.1) is 5.82 Å². The van der Waals surface area contributed by atoms with Gasteiger partial charge >= 0.3 is 0 Å². The molecule has 4 rings (SSSR count). The molecule has 0 aliphatic rings. The van der Waals surface area contributed by atoms with Crippen molar-refractivity contribution in [1.82, 2.24) is 0 Å². The highest BCUT2D eigenvalue weighted by molar-refractivity contribution is 6.31. The first-order valence-corrected chi connectivity index (χ1v) is 12.4. The number of allylic oxidation sites excluding steroid dienone is 1. The van der Waals surface area contributed by atoms with Gasteiger partial charge in [0, 0.05) is 36.1 Å². The maximum absolute atomic E-state index is 14.7. The number of ketones is 1. The van der Waals surface area contributed by atoms with Gasteiger partial charge in [0.1, 0.15) is 5.82 Å². The van der Waals surface area contributed by atoms with E-state index in [9.17, 15) is 14.0 Å². The van der Waals surface area contributed by atoms with E-state index in [1.807, 2.05) is 49.3 Å². The van der Waals surface area contributed by atoms with Crippen LogP contribution in [0.25, 0.3) is 17.2 Å². The Morgan fingerprint density at radius 2 is 1.58 bits per heavy atom. The van der Waals surface area contributed by atoms with Crippen molar-refractivity contribution in [2.75, 3.05) is 23.9 Å². The van der Waals surface area contributed by atoms with Gasteiger partial charge in [-0.25, -0.2) is 4.39 Å². The Morgan fingerprint density at radius 1 is 0.895 bits per heavy atom. The van der Waals surface area contributed by atoms with Crippen molar-refractivity contribution in [3.63, 3.8) is 0 Å². The third-order valence-electron chi connectivity index (χ3n) is 5.92. The van der Waals surface area contributed by atoms with Gasteiger partial charge in [-0.15, -0.1) is 0 Å². The molecule has 0 heterocycles. The summed E-state index contributed by atoms with van der Waals surface area (Å²) in [7, 11) is 3.94. The number of hydrogen-bond donors (Lipinski definition) is 0. The summed E-state index contributed by atoms with van der Waals surface area (Å²) in [5, 5.41) is 0.308. The third kappa shape index (κ3) is 6.55. The average molecular weight is 528 g/mol. The van der Waals surface area contributed by atoms with Crippen molar-refractivity contribution in [2.24, 2.45) is 0 Å². The Hall–Kier alpha value is -4.22. The zero-order chi connectivity index (χ0) is 28.1. The number of nitrogens with zero attached hydrogens (tertiary/aromatic N) is 2. The van der Waals surface area contributed by atoms with Crippen LogP contribution < -0.4 is 9.80 Å². The molecule has 4 nitrogen and oxygen atoms in total. The molecule has 0 aliphatic carbocycles. The number of halogens is 2. The number of amides is 1. The smallest absolute Gasteiger partial charge is 0.258 e. The van der Waals surface area contributed by atoms with Gasteiger partial charge in [-0.1, -0.05) is 60.1 Å². The molecular weight excluding hydrogens is 499 g/mol. The standard InChI is InChI=1S/C32H28ClFN2O2/c1-22(37)9-10-23-17-28(34)20-30(18-23)36(32(38)25-7-5-4-6-8-25)21-27-12-11-26(19-31(27)33)24-13-15-29(16-14-24)35(2)3/h4-20H,21H2,1-3H3/b10-9+/i21D. The molecule has 0 aromatic heterocycles. The van der Waals surface area contributed by atoms with Gasteiger partial charge in [0.25, 0.3) is 5.91 Å². The van der Waals surface area contributed by atoms with Crippen molar-refractivity contribution >= 4 is 40.7 Å². The summed E-state index contributed by atoms with van der Waals surface area (Å²) in [6, 6.07) is 25.9. The molecule has 192 valence electrons. The summed E-state index contributed by atoms with van der Waals surface area (Å²) >= 11 is 6.70.